The standard InChI is InChI=1S/C57H38N2/c1-4-20-41(21-5-1)58(44-33-32-39-18-10-11-19-40(39)36-44)45-34-35-48-46-26-14-16-30-52(46)57(54(48)37-45)53-31-17-15-27-47(53)51-38-55(49-28-12-13-29-50(49)56(51)57)59(42-22-6-2-7-23-42)43-24-8-3-9-25-43/h1-38H. The number of para-hydroxylation sites is 3. The van der Waals surface area contributed by atoms with Crippen molar-refractivity contribution in [3.8, 4) is 22.3 Å². The molecule has 2 nitrogen and oxygen atoms in total. The van der Waals surface area contributed by atoms with E-state index in [1.54, 1.807) is 0 Å². The maximum absolute atomic E-state index is 2.49. The molecule has 276 valence electrons. The van der Waals surface area contributed by atoms with E-state index in [1.807, 2.05) is 0 Å². The summed E-state index contributed by atoms with van der Waals surface area (Å²) in [6.07, 6.45) is 0. The fourth-order valence-corrected chi connectivity index (χ4v) is 10.2. The van der Waals surface area contributed by atoms with E-state index >= 15 is 0 Å². The average molecular weight is 751 g/mol. The highest BCUT2D eigenvalue weighted by atomic mass is 15.1. The Labute approximate surface area is 344 Å². The van der Waals surface area contributed by atoms with Crippen molar-refractivity contribution in [2.75, 3.05) is 9.80 Å². The van der Waals surface area contributed by atoms with E-state index in [0.717, 1.165) is 34.1 Å². The highest BCUT2D eigenvalue weighted by molar-refractivity contribution is 6.10. The first-order valence-electron chi connectivity index (χ1n) is 20.4. The van der Waals surface area contributed by atoms with E-state index in [-0.39, 0.29) is 0 Å². The molecule has 12 rings (SSSR count). The molecule has 0 heterocycles. The Morgan fingerprint density at radius 1 is 0.271 bits per heavy atom. The van der Waals surface area contributed by atoms with Crippen LogP contribution in [-0.4, -0.2) is 0 Å². The summed E-state index contributed by atoms with van der Waals surface area (Å²) in [4.78, 5) is 4.84. The van der Waals surface area contributed by atoms with Crippen LogP contribution in [0.25, 0.3) is 43.8 Å². The molecule has 0 N–H and O–H groups in total. The molecule has 2 aliphatic rings. The van der Waals surface area contributed by atoms with Crippen molar-refractivity contribution in [3.63, 3.8) is 0 Å². The third-order valence-electron chi connectivity index (χ3n) is 12.6. The molecule has 2 heteroatoms. The monoisotopic (exact) mass is 750 g/mol. The van der Waals surface area contributed by atoms with Crippen molar-refractivity contribution < 1.29 is 0 Å². The Kier molecular flexibility index (Phi) is 7.48. The minimum atomic E-state index is -0.554. The second-order valence-corrected chi connectivity index (χ2v) is 15.6. The van der Waals surface area contributed by atoms with Gasteiger partial charge in [-0.25, -0.2) is 0 Å². The lowest BCUT2D eigenvalue weighted by Gasteiger charge is -2.34. The number of benzene rings is 10. The zero-order valence-electron chi connectivity index (χ0n) is 32.3. The lowest BCUT2D eigenvalue weighted by molar-refractivity contribution is 0.801. The van der Waals surface area contributed by atoms with Gasteiger partial charge in [-0.3, -0.25) is 0 Å². The molecule has 0 aromatic heterocycles. The van der Waals surface area contributed by atoms with Gasteiger partial charge in [0.1, 0.15) is 0 Å². The third kappa shape index (κ3) is 4.93. The van der Waals surface area contributed by atoms with Crippen molar-refractivity contribution in [3.05, 3.63) is 253 Å². The van der Waals surface area contributed by atoms with Gasteiger partial charge in [-0.15, -0.1) is 0 Å². The van der Waals surface area contributed by atoms with Gasteiger partial charge in [0.25, 0.3) is 0 Å². The summed E-state index contributed by atoms with van der Waals surface area (Å²) < 4.78 is 0. The van der Waals surface area contributed by atoms with Gasteiger partial charge in [0.2, 0.25) is 0 Å². The second-order valence-electron chi connectivity index (χ2n) is 15.6. The van der Waals surface area contributed by atoms with Crippen LogP contribution in [-0.2, 0) is 5.41 Å². The van der Waals surface area contributed by atoms with Crippen molar-refractivity contribution in [2.45, 2.75) is 5.41 Å². The molecule has 1 atom stereocenters. The SMILES string of the molecule is c1ccc(N(c2ccc3c(c2)C2(c4ccccc4-3)c3ccccc3-c3cc(N(c4ccccc4)c4ccccc4)c4ccccc4c32)c2ccc3ccccc3c2)cc1. The molecule has 0 bridgehead atoms. The second kappa shape index (κ2) is 13.2. The normalized spacial score (nSPS) is 14.5. The zero-order chi connectivity index (χ0) is 38.9. The van der Waals surface area contributed by atoms with E-state index in [4.69, 9.17) is 0 Å². The zero-order valence-corrected chi connectivity index (χ0v) is 32.3. The summed E-state index contributed by atoms with van der Waals surface area (Å²) in [6, 6.07) is 84.8. The highest BCUT2D eigenvalue weighted by Crippen LogP contribution is 2.65. The number of hydrogen-bond acceptors (Lipinski definition) is 2. The Morgan fingerprint density at radius 3 is 1.41 bits per heavy atom. The van der Waals surface area contributed by atoms with E-state index in [0.29, 0.717) is 0 Å². The van der Waals surface area contributed by atoms with Crippen molar-refractivity contribution in [1.82, 2.24) is 0 Å². The van der Waals surface area contributed by atoms with Gasteiger partial charge < -0.3 is 9.80 Å². The highest BCUT2D eigenvalue weighted by Gasteiger charge is 2.53. The lowest BCUT2D eigenvalue weighted by atomic mass is 9.69. The van der Waals surface area contributed by atoms with E-state index in [1.165, 1.54) is 66.1 Å². The van der Waals surface area contributed by atoms with Gasteiger partial charge in [0.05, 0.1) is 11.1 Å². The van der Waals surface area contributed by atoms with Crippen LogP contribution in [0.1, 0.15) is 22.3 Å². The van der Waals surface area contributed by atoms with Gasteiger partial charge in [0, 0.05) is 33.8 Å². The molecule has 1 unspecified atom stereocenters. The summed E-state index contributed by atoms with van der Waals surface area (Å²) >= 11 is 0. The van der Waals surface area contributed by atoms with Gasteiger partial charge in [-0.1, -0.05) is 164 Å². The topological polar surface area (TPSA) is 6.48 Å². The van der Waals surface area contributed by atoms with Crippen molar-refractivity contribution >= 4 is 55.7 Å². The molecule has 0 fully saturated rings. The Hall–Kier alpha value is -7.68. The minimum absolute atomic E-state index is 0.554. The summed E-state index contributed by atoms with van der Waals surface area (Å²) in [5.41, 5.74) is 16.7. The molecule has 59 heavy (non-hydrogen) atoms. The van der Waals surface area contributed by atoms with Crippen LogP contribution in [0, 0.1) is 0 Å². The quantitative estimate of drug-likeness (QED) is 0.167. The van der Waals surface area contributed by atoms with Crippen molar-refractivity contribution in [1.29, 1.82) is 0 Å². The number of rotatable bonds is 6. The van der Waals surface area contributed by atoms with Crippen LogP contribution >= 0.6 is 0 Å². The van der Waals surface area contributed by atoms with Gasteiger partial charge in [-0.2, -0.15) is 0 Å². The Bertz CT molecular complexity index is 3190. The molecule has 10 aromatic carbocycles. The fourth-order valence-electron chi connectivity index (χ4n) is 10.2. The molecule has 2 aliphatic carbocycles. The molecule has 0 radical (unpaired) electrons. The van der Waals surface area contributed by atoms with Crippen LogP contribution in [0.3, 0.4) is 0 Å². The molecule has 0 amide bonds. The number of nitrogens with zero attached hydrogens (tertiary/aromatic N) is 2. The lowest BCUT2D eigenvalue weighted by Crippen LogP contribution is -2.26. The predicted octanol–water partition coefficient (Wildman–Crippen LogP) is 15.3. The molecule has 10 aromatic rings. The summed E-state index contributed by atoms with van der Waals surface area (Å²) in [5, 5.41) is 4.93. The van der Waals surface area contributed by atoms with Crippen LogP contribution in [0.15, 0.2) is 231 Å². The van der Waals surface area contributed by atoms with Gasteiger partial charge in [0.15, 0.2) is 0 Å². The smallest absolute Gasteiger partial charge is 0.0732 e. The van der Waals surface area contributed by atoms with Crippen LogP contribution in [0.2, 0.25) is 0 Å². The van der Waals surface area contributed by atoms with Gasteiger partial charge in [-0.05, 0) is 127 Å². The first kappa shape index (κ1) is 33.5. The minimum Gasteiger partial charge on any atom is -0.310 e. The molecule has 1 spiro atoms. The van der Waals surface area contributed by atoms with Gasteiger partial charge >= 0.3 is 0 Å². The first-order valence-corrected chi connectivity index (χ1v) is 20.4. The average Bonchev–Trinajstić information content (AvgIpc) is 3.77. The van der Waals surface area contributed by atoms with E-state index < -0.39 is 5.41 Å². The van der Waals surface area contributed by atoms with Crippen molar-refractivity contribution in [2.24, 2.45) is 0 Å². The van der Waals surface area contributed by atoms with E-state index in [2.05, 4.69) is 240 Å². The summed E-state index contributed by atoms with van der Waals surface area (Å²) in [5.74, 6) is 0. The molecular weight excluding hydrogens is 713 g/mol. The first-order chi connectivity index (χ1) is 29.3. The Morgan fingerprint density at radius 2 is 0.746 bits per heavy atom. The fraction of sp³-hybridized carbons (Fsp3) is 0.0175. The van der Waals surface area contributed by atoms with Crippen LogP contribution < -0.4 is 9.80 Å². The molecular formula is C57H38N2. The maximum atomic E-state index is 2.49. The number of hydrogen-bond donors (Lipinski definition) is 0. The van der Waals surface area contributed by atoms with E-state index in [9.17, 15) is 0 Å². The van der Waals surface area contributed by atoms with Crippen LogP contribution in [0.5, 0.6) is 0 Å². The predicted molar refractivity (Wildman–Crippen MR) is 247 cm³/mol. The van der Waals surface area contributed by atoms with Crippen LogP contribution in [0.4, 0.5) is 34.1 Å². The number of fused-ring (bicyclic) bond motifs is 13. The molecule has 0 saturated carbocycles. The Balaban J connectivity index is 1.16. The summed E-state index contributed by atoms with van der Waals surface area (Å²) in [7, 11) is 0. The largest absolute Gasteiger partial charge is 0.310 e. The summed E-state index contributed by atoms with van der Waals surface area (Å²) in [6.45, 7) is 0. The number of anilines is 6. The molecule has 0 saturated heterocycles. The maximum Gasteiger partial charge on any atom is 0.0732 e. The third-order valence-corrected chi connectivity index (χ3v) is 12.6. The molecule has 0 aliphatic heterocycles.